The monoisotopic (exact) mass is 366 g/mol. The Morgan fingerprint density at radius 3 is 2.36 bits per heavy atom. The second-order valence-electron chi connectivity index (χ2n) is 7.68. The van der Waals surface area contributed by atoms with Gasteiger partial charge in [0.25, 0.3) is 0 Å². The van der Waals surface area contributed by atoms with Crippen molar-refractivity contribution in [3.8, 4) is 0 Å². The van der Waals surface area contributed by atoms with Crippen LogP contribution in [0.2, 0.25) is 0 Å². The maximum Gasteiger partial charge on any atom is 0.343 e. The first-order valence-corrected chi connectivity index (χ1v) is 11.1. The van der Waals surface area contributed by atoms with E-state index in [0.29, 0.717) is 30.8 Å². The summed E-state index contributed by atoms with van der Waals surface area (Å²) in [6, 6.07) is 0. The average Bonchev–Trinajstić information content (AvgIpc) is 2.48. The second-order valence-corrected chi connectivity index (χ2v) is 10.6. The van der Waals surface area contributed by atoms with Crippen LogP contribution in [0.1, 0.15) is 32.1 Å². The van der Waals surface area contributed by atoms with E-state index in [-0.39, 0.29) is 11.5 Å². The Bertz CT molecular complexity index is 472. The van der Waals surface area contributed by atoms with Gasteiger partial charge in [0.1, 0.15) is 0 Å². The number of alkyl halides is 2. The van der Waals surface area contributed by atoms with Gasteiger partial charge in [-0.15, -0.1) is 23.2 Å². The first kappa shape index (κ1) is 16.2. The maximum absolute atomic E-state index is 13.4. The molecule has 126 valence electrons. The molecule has 4 bridgehead atoms. The Kier molecular flexibility index (Phi) is 4.33. The molecule has 22 heavy (non-hydrogen) atoms. The molecular weight excluding hydrogens is 342 g/mol. The van der Waals surface area contributed by atoms with Gasteiger partial charge in [0, 0.05) is 36.8 Å². The van der Waals surface area contributed by atoms with Gasteiger partial charge in [0.2, 0.25) is 0 Å². The van der Waals surface area contributed by atoms with E-state index in [9.17, 15) is 4.57 Å². The van der Waals surface area contributed by atoms with Crippen molar-refractivity contribution >= 4 is 30.9 Å². The van der Waals surface area contributed by atoms with Crippen molar-refractivity contribution in [2.45, 2.75) is 38.2 Å². The number of hydrogen-bond donors (Lipinski definition) is 1. The molecule has 0 aromatic carbocycles. The fourth-order valence-electron chi connectivity index (χ4n) is 5.79. The predicted octanol–water partition coefficient (Wildman–Crippen LogP) is 3.69. The molecular formula is C15H25Cl2N2O2P. The molecule has 4 aliphatic carbocycles. The number of halogens is 2. The second kappa shape index (κ2) is 5.89. The molecule has 5 rings (SSSR count). The Labute approximate surface area is 142 Å². The Balaban J connectivity index is 1.57. The summed E-state index contributed by atoms with van der Waals surface area (Å²) in [7, 11) is -3.00. The van der Waals surface area contributed by atoms with Crippen molar-refractivity contribution in [1.29, 1.82) is 0 Å². The van der Waals surface area contributed by atoms with Crippen LogP contribution in [0.4, 0.5) is 0 Å². The van der Waals surface area contributed by atoms with Crippen LogP contribution in [0, 0.1) is 23.2 Å². The minimum Gasteiger partial charge on any atom is -0.302 e. The van der Waals surface area contributed by atoms with Crippen LogP contribution in [-0.2, 0) is 9.09 Å². The normalized spacial score (nSPS) is 49.6. The van der Waals surface area contributed by atoms with Crippen molar-refractivity contribution < 1.29 is 9.09 Å². The van der Waals surface area contributed by atoms with Gasteiger partial charge in [0.05, 0.1) is 6.10 Å². The smallest absolute Gasteiger partial charge is 0.302 e. The molecule has 0 radical (unpaired) electrons. The lowest BCUT2D eigenvalue weighted by molar-refractivity contribution is -0.152. The van der Waals surface area contributed by atoms with Crippen LogP contribution in [-0.4, -0.2) is 42.2 Å². The Hall–Kier alpha value is 0.690. The highest BCUT2D eigenvalue weighted by atomic mass is 35.5. The molecule has 4 atom stereocenters. The number of hydrogen-bond acceptors (Lipinski definition) is 2. The first-order valence-electron chi connectivity index (χ1n) is 8.49. The fourth-order valence-corrected chi connectivity index (χ4v) is 8.79. The molecule has 5 aliphatic rings. The topological polar surface area (TPSA) is 41.6 Å². The molecule has 1 saturated heterocycles. The zero-order chi connectivity index (χ0) is 15.4. The van der Waals surface area contributed by atoms with E-state index < -0.39 is 7.67 Å². The maximum atomic E-state index is 13.4. The molecule has 0 aromatic rings. The SMILES string of the molecule is O=[P@]1(N(CCCl)CCCl)NCC23C[C@@H]4CC(C[C@H](C4)C2)[C@@H]3O1. The molecule has 5 fully saturated rings. The predicted molar refractivity (Wildman–Crippen MR) is 89.5 cm³/mol. The molecule has 0 amide bonds. The van der Waals surface area contributed by atoms with Gasteiger partial charge in [0.15, 0.2) is 0 Å². The van der Waals surface area contributed by atoms with Crippen LogP contribution in [0.5, 0.6) is 0 Å². The highest BCUT2D eigenvalue weighted by molar-refractivity contribution is 7.54. The van der Waals surface area contributed by atoms with Gasteiger partial charge in [-0.25, -0.2) is 9.76 Å². The van der Waals surface area contributed by atoms with Crippen LogP contribution < -0.4 is 5.09 Å². The summed E-state index contributed by atoms with van der Waals surface area (Å²) in [5.41, 5.74) is 0.232. The Morgan fingerprint density at radius 2 is 1.77 bits per heavy atom. The molecule has 1 aliphatic heterocycles. The third kappa shape index (κ3) is 2.50. The van der Waals surface area contributed by atoms with Crippen molar-refractivity contribution in [1.82, 2.24) is 9.76 Å². The molecule has 1 N–H and O–H groups in total. The molecule has 1 spiro atoms. The van der Waals surface area contributed by atoms with Crippen molar-refractivity contribution in [2.75, 3.05) is 31.4 Å². The minimum atomic E-state index is -3.00. The largest absolute Gasteiger partial charge is 0.343 e. The van der Waals surface area contributed by atoms with Crippen LogP contribution in [0.25, 0.3) is 0 Å². The van der Waals surface area contributed by atoms with Crippen LogP contribution in [0.3, 0.4) is 0 Å². The van der Waals surface area contributed by atoms with E-state index in [4.69, 9.17) is 27.7 Å². The summed E-state index contributed by atoms with van der Waals surface area (Å²) in [4.78, 5) is 0. The fraction of sp³-hybridized carbons (Fsp3) is 1.00. The molecule has 4 saturated carbocycles. The van der Waals surface area contributed by atoms with E-state index in [1.54, 1.807) is 0 Å². The highest BCUT2D eigenvalue weighted by Crippen LogP contribution is 2.67. The van der Waals surface area contributed by atoms with Gasteiger partial charge >= 0.3 is 7.67 Å². The minimum absolute atomic E-state index is 0.167. The standard InChI is InChI=1S/C15H25Cl2N2O2P/c16-1-3-19(4-2-17)22(20)18-10-15-8-11-5-12(9-15)7-13(6-11)14(15)21-22/h11-14H,1-10H2,(H,18,20)/t11-,12-,13?,14-,15?,22+/m0/s1. The van der Waals surface area contributed by atoms with Gasteiger partial charge in [-0.1, -0.05) is 0 Å². The van der Waals surface area contributed by atoms with Crippen molar-refractivity contribution in [3.63, 3.8) is 0 Å². The van der Waals surface area contributed by atoms with Crippen LogP contribution >= 0.6 is 30.9 Å². The lowest BCUT2D eigenvalue weighted by Crippen LogP contribution is -2.63. The average molecular weight is 367 g/mol. The lowest BCUT2D eigenvalue weighted by atomic mass is 9.48. The lowest BCUT2D eigenvalue weighted by Gasteiger charge is -2.63. The number of rotatable bonds is 5. The third-order valence-corrected chi connectivity index (χ3v) is 8.86. The number of nitrogens with one attached hydrogen (secondary N) is 1. The number of nitrogens with zero attached hydrogens (tertiary/aromatic N) is 1. The molecule has 7 heteroatoms. The summed E-state index contributed by atoms with van der Waals surface area (Å²) in [5.74, 6) is 3.23. The van der Waals surface area contributed by atoms with E-state index >= 15 is 0 Å². The van der Waals surface area contributed by atoms with Crippen molar-refractivity contribution in [3.05, 3.63) is 0 Å². The molecule has 4 nitrogen and oxygen atoms in total. The molecule has 0 aromatic heterocycles. The van der Waals surface area contributed by atoms with Gasteiger partial charge in [-0.3, -0.25) is 4.57 Å². The quantitative estimate of drug-likeness (QED) is 0.595. The van der Waals surface area contributed by atoms with Crippen molar-refractivity contribution in [2.24, 2.45) is 23.2 Å². The summed E-state index contributed by atoms with van der Waals surface area (Å²) in [5, 5.41) is 3.29. The summed E-state index contributed by atoms with van der Waals surface area (Å²) >= 11 is 11.8. The molecule has 1 heterocycles. The third-order valence-electron chi connectivity index (χ3n) is 6.31. The zero-order valence-electron chi connectivity index (χ0n) is 12.8. The van der Waals surface area contributed by atoms with Gasteiger partial charge in [-0.2, -0.15) is 0 Å². The van der Waals surface area contributed by atoms with Crippen LogP contribution in [0.15, 0.2) is 0 Å². The van der Waals surface area contributed by atoms with E-state index in [1.165, 1.54) is 32.1 Å². The van der Waals surface area contributed by atoms with Gasteiger partial charge < -0.3 is 4.52 Å². The van der Waals surface area contributed by atoms with Gasteiger partial charge in [-0.05, 0) is 49.9 Å². The van der Waals surface area contributed by atoms with E-state index in [2.05, 4.69) is 5.09 Å². The summed E-state index contributed by atoms with van der Waals surface area (Å²) in [6.07, 6.45) is 6.63. The first-order chi connectivity index (χ1) is 10.6. The van der Waals surface area contributed by atoms with E-state index in [0.717, 1.165) is 18.4 Å². The molecule has 0 unspecified atom stereocenters. The zero-order valence-corrected chi connectivity index (χ0v) is 15.3. The summed E-state index contributed by atoms with van der Waals surface area (Å²) in [6.45, 7) is 1.93. The highest BCUT2D eigenvalue weighted by Gasteiger charge is 2.61. The van der Waals surface area contributed by atoms with E-state index in [1.807, 2.05) is 4.67 Å². The summed E-state index contributed by atoms with van der Waals surface area (Å²) < 4.78 is 21.5. The Morgan fingerprint density at radius 1 is 1.14 bits per heavy atom.